The number of aliphatic carboxylic acids is 1. The first kappa shape index (κ1) is 14.8. The lowest BCUT2D eigenvalue weighted by Crippen LogP contribution is -2.26. The van der Waals surface area contributed by atoms with E-state index in [1.54, 1.807) is 32.2 Å². The number of carboxylic acids is 1. The van der Waals surface area contributed by atoms with Gasteiger partial charge in [-0.2, -0.15) is 0 Å². The Hall–Kier alpha value is -1.23. The van der Waals surface area contributed by atoms with Crippen molar-refractivity contribution in [2.75, 3.05) is 13.4 Å². The molecular formula is C13H17FO3S. The molecule has 5 heteroatoms. The highest BCUT2D eigenvalue weighted by Crippen LogP contribution is 2.34. The maximum absolute atomic E-state index is 14.2. The van der Waals surface area contributed by atoms with Gasteiger partial charge in [-0.15, -0.1) is 11.8 Å². The van der Waals surface area contributed by atoms with Crippen molar-refractivity contribution < 1.29 is 19.0 Å². The van der Waals surface area contributed by atoms with Gasteiger partial charge in [-0.3, -0.25) is 4.79 Å². The van der Waals surface area contributed by atoms with E-state index in [1.807, 2.05) is 0 Å². The van der Waals surface area contributed by atoms with Crippen LogP contribution in [-0.4, -0.2) is 24.4 Å². The molecule has 0 fully saturated rings. The van der Waals surface area contributed by atoms with Crippen molar-refractivity contribution in [1.29, 1.82) is 0 Å². The molecule has 1 aromatic carbocycles. The number of hydrogen-bond acceptors (Lipinski definition) is 3. The first-order valence-corrected chi connectivity index (χ1v) is 6.68. The minimum Gasteiger partial charge on any atom is -0.495 e. The summed E-state index contributed by atoms with van der Waals surface area (Å²) in [4.78, 5) is 11.5. The van der Waals surface area contributed by atoms with Gasteiger partial charge in [-0.1, -0.05) is 6.07 Å². The number of carbonyl (C=O) groups is 1. The van der Waals surface area contributed by atoms with E-state index in [-0.39, 0.29) is 6.42 Å². The molecule has 0 heterocycles. The second-order valence-corrected chi connectivity index (χ2v) is 5.46. The lowest BCUT2D eigenvalue weighted by atomic mass is 9.86. The van der Waals surface area contributed by atoms with Crippen LogP contribution in [0.5, 0.6) is 5.75 Å². The quantitative estimate of drug-likeness (QED) is 0.836. The normalized spacial score (nSPS) is 11.4. The Balaban J connectivity index is 3.16. The fraction of sp³-hybridized carbons (Fsp3) is 0.462. The highest BCUT2D eigenvalue weighted by molar-refractivity contribution is 7.98. The molecule has 0 amide bonds. The molecule has 3 nitrogen and oxygen atoms in total. The van der Waals surface area contributed by atoms with E-state index in [9.17, 15) is 9.18 Å². The average Bonchev–Trinajstić information content (AvgIpc) is 2.31. The van der Waals surface area contributed by atoms with Gasteiger partial charge in [0.05, 0.1) is 17.4 Å². The van der Waals surface area contributed by atoms with Gasteiger partial charge in [-0.05, 0) is 38.2 Å². The molecule has 0 aliphatic carbocycles. The molecule has 0 saturated carbocycles. The SMILES string of the molecule is COc1ccc(CC(C)(C)C(=O)O)c(F)c1SC. The summed E-state index contributed by atoms with van der Waals surface area (Å²) in [7, 11) is 1.48. The predicted molar refractivity (Wildman–Crippen MR) is 69.9 cm³/mol. The largest absolute Gasteiger partial charge is 0.495 e. The molecule has 0 aliphatic heterocycles. The van der Waals surface area contributed by atoms with Crippen LogP contribution < -0.4 is 4.74 Å². The first-order chi connectivity index (χ1) is 8.33. The number of benzene rings is 1. The Morgan fingerprint density at radius 1 is 1.50 bits per heavy atom. The number of ether oxygens (including phenoxy) is 1. The Morgan fingerprint density at radius 3 is 2.56 bits per heavy atom. The summed E-state index contributed by atoms with van der Waals surface area (Å²) in [6.45, 7) is 3.16. The van der Waals surface area contributed by atoms with Crippen LogP contribution >= 0.6 is 11.8 Å². The fourth-order valence-corrected chi connectivity index (χ4v) is 2.28. The van der Waals surface area contributed by atoms with Gasteiger partial charge in [0.25, 0.3) is 0 Å². The van der Waals surface area contributed by atoms with Crippen LogP contribution in [0, 0.1) is 11.2 Å². The molecule has 0 saturated heterocycles. The Labute approximate surface area is 110 Å². The molecule has 100 valence electrons. The maximum atomic E-state index is 14.2. The van der Waals surface area contributed by atoms with E-state index in [4.69, 9.17) is 9.84 Å². The Morgan fingerprint density at radius 2 is 2.11 bits per heavy atom. The molecule has 0 bridgehead atoms. The third-order valence-electron chi connectivity index (χ3n) is 2.78. The van der Waals surface area contributed by atoms with E-state index in [0.717, 1.165) is 0 Å². The summed E-state index contributed by atoms with van der Waals surface area (Å²) < 4.78 is 19.3. The van der Waals surface area contributed by atoms with E-state index in [1.165, 1.54) is 18.9 Å². The van der Waals surface area contributed by atoms with Crippen LogP contribution in [0.1, 0.15) is 19.4 Å². The van der Waals surface area contributed by atoms with Crippen LogP contribution in [-0.2, 0) is 11.2 Å². The van der Waals surface area contributed by atoms with Crippen molar-refractivity contribution in [3.8, 4) is 5.75 Å². The number of methoxy groups -OCH3 is 1. The zero-order chi connectivity index (χ0) is 13.9. The van der Waals surface area contributed by atoms with Crippen molar-refractivity contribution in [3.05, 3.63) is 23.5 Å². The van der Waals surface area contributed by atoms with Gasteiger partial charge in [0.2, 0.25) is 0 Å². The number of rotatable bonds is 5. The molecule has 0 spiro atoms. The zero-order valence-electron chi connectivity index (χ0n) is 10.9. The maximum Gasteiger partial charge on any atom is 0.309 e. The van der Waals surface area contributed by atoms with Gasteiger partial charge in [0, 0.05) is 0 Å². The third-order valence-corrected chi connectivity index (χ3v) is 3.56. The molecule has 1 aromatic rings. The molecule has 18 heavy (non-hydrogen) atoms. The van der Waals surface area contributed by atoms with Gasteiger partial charge >= 0.3 is 5.97 Å². The van der Waals surface area contributed by atoms with Gasteiger partial charge < -0.3 is 9.84 Å². The topological polar surface area (TPSA) is 46.5 Å². The fourth-order valence-electron chi connectivity index (χ4n) is 1.62. The van der Waals surface area contributed by atoms with Crippen molar-refractivity contribution in [3.63, 3.8) is 0 Å². The summed E-state index contributed by atoms with van der Waals surface area (Å²) in [6.07, 6.45) is 1.90. The minimum absolute atomic E-state index is 0.145. The standard InChI is InChI=1S/C13H17FO3S/c1-13(2,12(15)16)7-8-5-6-9(17-3)11(18-4)10(8)14/h5-6H,7H2,1-4H3,(H,15,16). The average molecular weight is 272 g/mol. The monoisotopic (exact) mass is 272 g/mol. The Bertz CT molecular complexity index is 458. The molecule has 0 aromatic heterocycles. The number of carboxylic acid groups (broad SMARTS) is 1. The second-order valence-electron chi connectivity index (χ2n) is 4.64. The predicted octanol–water partition coefficient (Wildman–Crippen LogP) is 3.21. The van der Waals surface area contributed by atoms with E-state index < -0.39 is 17.2 Å². The number of hydrogen-bond donors (Lipinski definition) is 1. The lowest BCUT2D eigenvalue weighted by molar-refractivity contribution is -0.146. The summed E-state index contributed by atoms with van der Waals surface area (Å²) in [5.74, 6) is -0.864. The summed E-state index contributed by atoms with van der Waals surface area (Å²) >= 11 is 1.25. The van der Waals surface area contributed by atoms with Gasteiger partial charge in [0.1, 0.15) is 11.6 Å². The van der Waals surface area contributed by atoms with Gasteiger partial charge in [-0.25, -0.2) is 4.39 Å². The van der Waals surface area contributed by atoms with Crippen LogP contribution in [0.25, 0.3) is 0 Å². The van der Waals surface area contributed by atoms with Crippen LogP contribution in [0.2, 0.25) is 0 Å². The summed E-state index contributed by atoms with van der Waals surface area (Å²) in [5.41, 5.74) is -0.599. The summed E-state index contributed by atoms with van der Waals surface area (Å²) in [6, 6.07) is 3.25. The van der Waals surface area contributed by atoms with Gasteiger partial charge in [0.15, 0.2) is 0 Å². The first-order valence-electron chi connectivity index (χ1n) is 5.46. The zero-order valence-corrected chi connectivity index (χ0v) is 11.7. The van der Waals surface area contributed by atoms with E-state index >= 15 is 0 Å². The smallest absolute Gasteiger partial charge is 0.309 e. The molecule has 0 radical (unpaired) electrons. The second kappa shape index (κ2) is 5.61. The Kier molecular flexibility index (Phi) is 4.62. The molecular weight excluding hydrogens is 255 g/mol. The van der Waals surface area contributed by atoms with E-state index in [2.05, 4.69) is 0 Å². The molecule has 0 unspecified atom stereocenters. The van der Waals surface area contributed by atoms with Crippen molar-refractivity contribution >= 4 is 17.7 Å². The minimum atomic E-state index is -0.995. The summed E-state index contributed by atoms with van der Waals surface area (Å²) in [5, 5.41) is 9.07. The molecule has 0 atom stereocenters. The van der Waals surface area contributed by atoms with Crippen LogP contribution in [0.15, 0.2) is 17.0 Å². The van der Waals surface area contributed by atoms with Crippen molar-refractivity contribution in [1.82, 2.24) is 0 Å². The molecule has 0 aliphatic rings. The van der Waals surface area contributed by atoms with Crippen LogP contribution in [0.3, 0.4) is 0 Å². The molecule has 1 rings (SSSR count). The van der Waals surface area contributed by atoms with Crippen molar-refractivity contribution in [2.45, 2.75) is 25.2 Å². The van der Waals surface area contributed by atoms with Crippen molar-refractivity contribution in [2.24, 2.45) is 5.41 Å². The van der Waals surface area contributed by atoms with E-state index in [0.29, 0.717) is 16.2 Å². The third kappa shape index (κ3) is 2.96. The highest BCUT2D eigenvalue weighted by Gasteiger charge is 2.29. The number of halogens is 1. The highest BCUT2D eigenvalue weighted by atomic mass is 32.2. The number of thioether (sulfide) groups is 1. The molecule has 1 N–H and O–H groups in total. The lowest BCUT2D eigenvalue weighted by Gasteiger charge is -2.20. The van der Waals surface area contributed by atoms with Crippen LogP contribution in [0.4, 0.5) is 4.39 Å².